The first kappa shape index (κ1) is 12.4. The van der Waals surface area contributed by atoms with E-state index in [0.29, 0.717) is 6.04 Å². The van der Waals surface area contributed by atoms with Crippen LogP contribution < -0.4 is 10.2 Å². The number of hydrogen-bond donors (Lipinski definition) is 1. The van der Waals surface area contributed by atoms with Crippen LogP contribution in [-0.4, -0.2) is 35.6 Å². The van der Waals surface area contributed by atoms with Gasteiger partial charge in [-0.1, -0.05) is 19.1 Å². The molecule has 1 aromatic carbocycles. The van der Waals surface area contributed by atoms with E-state index in [1.165, 1.54) is 0 Å². The Labute approximate surface area is 113 Å². The van der Waals surface area contributed by atoms with Gasteiger partial charge < -0.3 is 10.2 Å². The van der Waals surface area contributed by atoms with E-state index < -0.39 is 0 Å². The normalized spacial score (nSPS) is 19.9. The lowest BCUT2D eigenvalue weighted by Gasteiger charge is -2.37. The van der Waals surface area contributed by atoms with Crippen molar-refractivity contribution in [2.75, 3.05) is 24.5 Å². The third-order valence-corrected chi connectivity index (χ3v) is 3.81. The maximum atomic E-state index is 4.83. The van der Waals surface area contributed by atoms with Gasteiger partial charge in [0.25, 0.3) is 0 Å². The van der Waals surface area contributed by atoms with Crippen molar-refractivity contribution in [3.63, 3.8) is 0 Å². The average molecular weight is 256 g/mol. The predicted molar refractivity (Wildman–Crippen MR) is 78.6 cm³/mol. The zero-order valence-corrected chi connectivity index (χ0v) is 11.6. The Balaban J connectivity index is 2.05. The molecule has 1 unspecified atom stereocenters. The van der Waals surface area contributed by atoms with Gasteiger partial charge in [0, 0.05) is 25.7 Å². The molecule has 3 rings (SSSR count). The highest BCUT2D eigenvalue weighted by Crippen LogP contribution is 2.23. The van der Waals surface area contributed by atoms with Gasteiger partial charge in [-0.15, -0.1) is 0 Å². The van der Waals surface area contributed by atoms with Gasteiger partial charge in [0.05, 0.1) is 16.7 Å². The van der Waals surface area contributed by atoms with Crippen LogP contribution in [0.15, 0.2) is 24.3 Å². The number of rotatable bonds is 2. The van der Waals surface area contributed by atoms with Gasteiger partial charge >= 0.3 is 0 Å². The molecule has 4 nitrogen and oxygen atoms in total. The lowest BCUT2D eigenvalue weighted by Crippen LogP contribution is -2.51. The number of nitrogens with zero attached hydrogens (tertiary/aromatic N) is 3. The number of aryl methyl sites for hydroxylation is 1. The minimum absolute atomic E-state index is 0.517. The molecule has 1 atom stereocenters. The molecule has 0 saturated carbocycles. The smallest absolute Gasteiger partial charge is 0.151 e. The second-order valence-electron chi connectivity index (χ2n) is 5.08. The predicted octanol–water partition coefficient (Wildman–Crippen LogP) is 2.13. The van der Waals surface area contributed by atoms with Crippen LogP contribution >= 0.6 is 0 Å². The summed E-state index contributed by atoms with van der Waals surface area (Å²) >= 11 is 0. The highest BCUT2D eigenvalue weighted by Gasteiger charge is 2.23. The SMILES string of the molecule is CCC1CNCCN1c1nc2ccccc2nc1C. The summed E-state index contributed by atoms with van der Waals surface area (Å²) in [4.78, 5) is 11.9. The van der Waals surface area contributed by atoms with Gasteiger partial charge in [-0.25, -0.2) is 9.97 Å². The van der Waals surface area contributed by atoms with Crippen LogP contribution in [0, 0.1) is 6.92 Å². The number of piperazine rings is 1. The molecule has 2 aromatic rings. The summed E-state index contributed by atoms with van der Waals surface area (Å²) in [5.41, 5.74) is 2.99. The van der Waals surface area contributed by atoms with Gasteiger partial charge in [0.1, 0.15) is 0 Å². The molecule has 1 N–H and O–H groups in total. The molecule has 2 heterocycles. The summed E-state index contributed by atoms with van der Waals surface area (Å²) < 4.78 is 0. The molecule has 0 bridgehead atoms. The molecule has 4 heteroatoms. The van der Waals surface area contributed by atoms with E-state index >= 15 is 0 Å². The molecular formula is C15H20N4. The van der Waals surface area contributed by atoms with Crippen molar-refractivity contribution in [1.29, 1.82) is 0 Å². The van der Waals surface area contributed by atoms with E-state index in [4.69, 9.17) is 9.97 Å². The van der Waals surface area contributed by atoms with Gasteiger partial charge in [-0.05, 0) is 25.5 Å². The fourth-order valence-electron chi connectivity index (χ4n) is 2.76. The van der Waals surface area contributed by atoms with Crippen LogP contribution in [0.2, 0.25) is 0 Å². The largest absolute Gasteiger partial charge is 0.350 e. The second-order valence-corrected chi connectivity index (χ2v) is 5.08. The molecule has 0 aliphatic carbocycles. The number of anilines is 1. The molecule has 0 amide bonds. The first-order valence-electron chi connectivity index (χ1n) is 7.00. The van der Waals surface area contributed by atoms with Crippen molar-refractivity contribution in [2.45, 2.75) is 26.3 Å². The van der Waals surface area contributed by atoms with Gasteiger partial charge in [-0.2, -0.15) is 0 Å². The Morgan fingerprint density at radius 1 is 1.26 bits per heavy atom. The summed E-state index contributed by atoms with van der Waals surface area (Å²) in [6, 6.07) is 8.60. The zero-order valence-electron chi connectivity index (χ0n) is 11.6. The van der Waals surface area contributed by atoms with E-state index in [1.54, 1.807) is 0 Å². The molecule has 19 heavy (non-hydrogen) atoms. The Kier molecular flexibility index (Phi) is 3.34. The molecule has 100 valence electrons. The standard InChI is InChI=1S/C15H20N4/c1-3-12-10-16-8-9-19(12)15-11(2)17-13-6-4-5-7-14(13)18-15/h4-7,12,16H,3,8-10H2,1-2H3. The Hall–Kier alpha value is -1.68. The van der Waals surface area contributed by atoms with E-state index in [2.05, 4.69) is 24.1 Å². The molecule has 0 spiro atoms. The Morgan fingerprint density at radius 2 is 2.00 bits per heavy atom. The molecule has 1 aromatic heterocycles. The van der Waals surface area contributed by atoms with Crippen LogP contribution in [0.4, 0.5) is 5.82 Å². The maximum absolute atomic E-state index is 4.83. The van der Waals surface area contributed by atoms with E-state index in [0.717, 1.165) is 48.6 Å². The van der Waals surface area contributed by atoms with Crippen molar-refractivity contribution >= 4 is 16.9 Å². The molecule has 1 fully saturated rings. The summed E-state index contributed by atoms with van der Waals surface area (Å²) in [6.45, 7) is 7.35. The van der Waals surface area contributed by atoms with Gasteiger partial charge in [0.2, 0.25) is 0 Å². The van der Waals surface area contributed by atoms with Crippen molar-refractivity contribution in [3.8, 4) is 0 Å². The molecular weight excluding hydrogens is 236 g/mol. The van der Waals surface area contributed by atoms with Crippen LogP contribution in [0.25, 0.3) is 11.0 Å². The van der Waals surface area contributed by atoms with Crippen molar-refractivity contribution in [2.24, 2.45) is 0 Å². The third kappa shape index (κ3) is 2.28. The summed E-state index contributed by atoms with van der Waals surface area (Å²) in [5.74, 6) is 1.05. The second kappa shape index (κ2) is 5.13. The van der Waals surface area contributed by atoms with Gasteiger partial charge in [-0.3, -0.25) is 0 Å². The number of benzene rings is 1. The topological polar surface area (TPSA) is 41.0 Å². The Bertz CT molecular complexity index is 581. The lowest BCUT2D eigenvalue weighted by molar-refractivity contribution is 0.462. The van der Waals surface area contributed by atoms with E-state index in [1.807, 2.05) is 24.3 Å². The minimum atomic E-state index is 0.517. The molecule has 1 aliphatic heterocycles. The minimum Gasteiger partial charge on any atom is -0.350 e. The van der Waals surface area contributed by atoms with Crippen LogP contribution in [0.1, 0.15) is 19.0 Å². The van der Waals surface area contributed by atoms with Crippen molar-refractivity contribution < 1.29 is 0 Å². The molecule has 1 saturated heterocycles. The zero-order chi connectivity index (χ0) is 13.2. The average Bonchev–Trinajstić information content (AvgIpc) is 2.46. The molecule has 1 aliphatic rings. The van der Waals surface area contributed by atoms with Crippen molar-refractivity contribution in [3.05, 3.63) is 30.0 Å². The van der Waals surface area contributed by atoms with Gasteiger partial charge in [0.15, 0.2) is 5.82 Å². The lowest BCUT2D eigenvalue weighted by atomic mass is 10.1. The van der Waals surface area contributed by atoms with Crippen LogP contribution in [-0.2, 0) is 0 Å². The maximum Gasteiger partial charge on any atom is 0.151 e. The van der Waals surface area contributed by atoms with E-state index in [9.17, 15) is 0 Å². The summed E-state index contributed by atoms with van der Waals surface area (Å²) in [5, 5.41) is 3.45. The molecule has 0 radical (unpaired) electrons. The van der Waals surface area contributed by atoms with Crippen LogP contribution in [0.3, 0.4) is 0 Å². The first-order chi connectivity index (χ1) is 9.29. The van der Waals surface area contributed by atoms with E-state index in [-0.39, 0.29) is 0 Å². The Morgan fingerprint density at radius 3 is 2.74 bits per heavy atom. The highest BCUT2D eigenvalue weighted by atomic mass is 15.3. The number of hydrogen-bond acceptors (Lipinski definition) is 4. The number of aromatic nitrogens is 2. The number of nitrogens with one attached hydrogen (secondary N) is 1. The number of fused-ring (bicyclic) bond motifs is 1. The first-order valence-corrected chi connectivity index (χ1v) is 7.00. The summed E-state index contributed by atoms with van der Waals surface area (Å²) in [7, 11) is 0. The monoisotopic (exact) mass is 256 g/mol. The third-order valence-electron chi connectivity index (χ3n) is 3.81. The quantitative estimate of drug-likeness (QED) is 0.893. The van der Waals surface area contributed by atoms with Crippen LogP contribution in [0.5, 0.6) is 0 Å². The summed E-state index contributed by atoms with van der Waals surface area (Å²) in [6.07, 6.45) is 1.13. The van der Waals surface area contributed by atoms with Crippen molar-refractivity contribution in [1.82, 2.24) is 15.3 Å². The highest BCUT2D eigenvalue weighted by molar-refractivity contribution is 5.76. The fraction of sp³-hybridized carbons (Fsp3) is 0.467. The fourth-order valence-corrected chi connectivity index (χ4v) is 2.76. The number of para-hydroxylation sites is 2.